The van der Waals surface area contributed by atoms with Crippen molar-refractivity contribution in [2.45, 2.75) is 51.6 Å². The van der Waals surface area contributed by atoms with Crippen molar-refractivity contribution < 1.29 is 4.79 Å². The number of fused-ring (bicyclic) bond motifs is 1. The van der Waals surface area contributed by atoms with Gasteiger partial charge in [0.05, 0.1) is 23.7 Å². The number of pyridine rings is 1. The Morgan fingerprint density at radius 3 is 2.85 bits per heavy atom. The molecule has 7 nitrogen and oxygen atoms in total. The molecule has 1 atom stereocenters. The Bertz CT molecular complexity index is 779. The van der Waals surface area contributed by atoms with Gasteiger partial charge in [0.2, 0.25) is 5.91 Å². The van der Waals surface area contributed by atoms with Crippen molar-refractivity contribution in [3.63, 3.8) is 0 Å². The number of amides is 1. The molecule has 2 aromatic heterocycles. The molecule has 0 aliphatic carbocycles. The molecular weight excluding hydrogens is 328 g/mol. The molecule has 4 heterocycles. The van der Waals surface area contributed by atoms with E-state index < -0.39 is 0 Å². The van der Waals surface area contributed by atoms with E-state index in [1.165, 1.54) is 0 Å². The molecule has 0 radical (unpaired) electrons. The predicted molar refractivity (Wildman–Crippen MR) is 102 cm³/mol. The fraction of sp³-hybridized carbons (Fsp3) is 0.632. The van der Waals surface area contributed by atoms with E-state index in [0.29, 0.717) is 12.6 Å². The van der Waals surface area contributed by atoms with E-state index in [9.17, 15) is 4.79 Å². The highest BCUT2D eigenvalue weighted by Crippen LogP contribution is 2.32. The number of rotatable bonds is 5. The van der Waals surface area contributed by atoms with Gasteiger partial charge >= 0.3 is 0 Å². The molecule has 26 heavy (non-hydrogen) atoms. The molecule has 0 aromatic carbocycles. The molecular formula is C19H28N6O. The van der Waals surface area contributed by atoms with Crippen LogP contribution in [0.3, 0.4) is 0 Å². The fourth-order valence-corrected chi connectivity index (χ4v) is 4.08. The number of nitrogens with one attached hydrogen (secondary N) is 2. The van der Waals surface area contributed by atoms with Gasteiger partial charge in [-0.2, -0.15) is 5.10 Å². The average molecular weight is 356 g/mol. The Morgan fingerprint density at radius 1 is 1.27 bits per heavy atom. The summed E-state index contributed by atoms with van der Waals surface area (Å²) in [5.74, 6) is 1.11. The molecule has 2 aromatic rings. The van der Waals surface area contributed by atoms with Crippen molar-refractivity contribution in [1.29, 1.82) is 0 Å². The zero-order valence-corrected chi connectivity index (χ0v) is 15.7. The number of aromatic nitrogens is 3. The van der Waals surface area contributed by atoms with Crippen LogP contribution in [0.5, 0.6) is 0 Å². The molecule has 1 amide bonds. The van der Waals surface area contributed by atoms with E-state index in [1.54, 1.807) is 0 Å². The highest BCUT2D eigenvalue weighted by atomic mass is 16.2. The summed E-state index contributed by atoms with van der Waals surface area (Å²) in [6, 6.07) is 4.72. The third-order valence-electron chi connectivity index (χ3n) is 5.37. The van der Waals surface area contributed by atoms with Crippen LogP contribution >= 0.6 is 0 Å². The van der Waals surface area contributed by atoms with Crippen LogP contribution < -0.4 is 5.32 Å². The van der Waals surface area contributed by atoms with Crippen LogP contribution in [-0.2, 0) is 4.79 Å². The van der Waals surface area contributed by atoms with Gasteiger partial charge in [-0.3, -0.25) is 14.8 Å². The van der Waals surface area contributed by atoms with Crippen molar-refractivity contribution >= 4 is 22.8 Å². The summed E-state index contributed by atoms with van der Waals surface area (Å²) in [5, 5.41) is 11.7. The molecule has 4 rings (SSSR count). The highest BCUT2D eigenvalue weighted by molar-refractivity contribution is 5.87. The van der Waals surface area contributed by atoms with Crippen LogP contribution in [0.25, 0.3) is 11.0 Å². The van der Waals surface area contributed by atoms with Gasteiger partial charge in [-0.05, 0) is 58.2 Å². The molecule has 2 fully saturated rings. The van der Waals surface area contributed by atoms with Crippen LogP contribution in [-0.4, -0.2) is 63.1 Å². The summed E-state index contributed by atoms with van der Waals surface area (Å²) in [4.78, 5) is 21.6. The monoisotopic (exact) mass is 356 g/mol. The maximum absolute atomic E-state index is 12.5. The Hall–Kier alpha value is -2.15. The lowest BCUT2D eigenvalue weighted by Gasteiger charge is -2.26. The minimum Gasteiger partial charge on any atom is -0.366 e. The standard InChI is InChI=1S/C19H28N6O/c1-13(2)20-18-14-7-8-15(21-19(14)23-22-18)16-6-5-11-25(16)12-17(26)24-9-3-4-10-24/h7-8,13,16H,3-6,9-12H2,1-2H3,(H2,20,21,22,23). The van der Waals surface area contributed by atoms with Gasteiger partial charge in [-0.1, -0.05) is 0 Å². The van der Waals surface area contributed by atoms with Crippen molar-refractivity contribution in [2.24, 2.45) is 0 Å². The lowest BCUT2D eigenvalue weighted by atomic mass is 10.1. The number of likely N-dealkylation sites (tertiary alicyclic amines) is 2. The molecule has 2 saturated heterocycles. The minimum atomic E-state index is 0.218. The normalized spacial score (nSPS) is 21.2. The fourth-order valence-electron chi connectivity index (χ4n) is 4.08. The molecule has 7 heteroatoms. The van der Waals surface area contributed by atoms with E-state index in [1.807, 2.05) is 4.90 Å². The first-order valence-corrected chi connectivity index (χ1v) is 9.75. The first kappa shape index (κ1) is 17.3. The molecule has 2 aliphatic heterocycles. The van der Waals surface area contributed by atoms with Crippen LogP contribution in [0.2, 0.25) is 0 Å². The average Bonchev–Trinajstić information content (AvgIpc) is 3.34. The van der Waals surface area contributed by atoms with Crippen LogP contribution in [0.15, 0.2) is 12.1 Å². The maximum Gasteiger partial charge on any atom is 0.236 e. The Labute approximate surface area is 154 Å². The number of nitrogens with zero attached hydrogens (tertiary/aromatic N) is 4. The third kappa shape index (κ3) is 3.40. The molecule has 0 spiro atoms. The minimum absolute atomic E-state index is 0.218. The molecule has 2 aliphatic rings. The SMILES string of the molecule is CC(C)Nc1n[nH]c2nc(C3CCCN3CC(=O)N3CCCC3)ccc12. The van der Waals surface area contributed by atoms with Crippen molar-refractivity contribution in [3.05, 3.63) is 17.8 Å². The number of hydrogen-bond donors (Lipinski definition) is 2. The maximum atomic E-state index is 12.5. The number of aromatic amines is 1. The molecule has 2 N–H and O–H groups in total. The van der Waals surface area contributed by atoms with E-state index in [0.717, 1.165) is 67.9 Å². The van der Waals surface area contributed by atoms with Crippen molar-refractivity contribution in [3.8, 4) is 0 Å². The van der Waals surface area contributed by atoms with Gasteiger partial charge in [-0.25, -0.2) is 4.98 Å². The van der Waals surface area contributed by atoms with Crippen molar-refractivity contribution in [1.82, 2.24) is 25.0 Å². The molecule has 140 valence electrons. The number of carbonyl (C=O) groups is 1. The van der Waals surface area contributed by atoms with Crippen molar-refractivity contribution in [2.75, 3.05) is 31.5 Å². The summed E-state index contributed by atoms with van der Waals surface area (Å²) >= 11 is 0. The summed E-state index contributed by atoms with van der Waals surface area (Å²) < 4.78 is 0. The van der Waals surface area contributed by atoms with Crippen LogP contribution in [0.4, 0.5) is 5.82 Å². The Kier molecular flexibility index (Phi) is 4.80. The summed E-state index contributed by atoms with van der Waals surface area (Å²) in [5.41, 5.74) is 1.84. The van der Waals surface area contributed by atoms with E-state index in [2.05, 4.69) is 46.4 Å². The first-order chi connectivity index (χ1) is 12.6. The molecule has 0 bridgehead atoms. The number of anilines is 1. The summed E-state index contributed by atoms with van der Waals surface area (Å²) in [6.45, 7) is 7.50. The van der Waals surface area contributed by atoms with Gasteiger partial charge in [0.1, 0.15) is 0 Å². The zero-order valence-electron chi connectivity index (χ0n) is 15.7. The molecule has 0 saturated carbocycles. The highest BCUT2D eigenvalue weighted by Gasteiger charge is 2.30. The number of carbonyl (C=O) groups excluding carboxylic acids is 1. The van der Waals surface area contributed by atoms with Gasteiger partial charge < -0.3 is 10.2 Å². The number of hydrogen-bond acceptors (Lipinski definition) is 5. The predicted octanol–water partition coefficient (Wildman–Crippen LogP) is 2.54. The van der Waals surface area contributed by atoms with Gasteiger partial charge in [0, 0.05) is 19.1 Å². The van der Waals surface area contributed by atoms with Crippen LogP contribution in [0, 0.1) is 0 Å². The zero-order chi connectivity index (χ0) is 18.1. The largest absolute Gasteiger partial charge is 0.366 e. The first-order valence-electron chi connectivity index (χ1n) is 9.75. The quantitative estimate of drug-likeness (QED) is 0.861. The second kappa shape index (κ2) is 7.23. The van der Waals surface area contributed by atoms with Gasteiger partial charge in [0.25, 0.3) is 0 Å². The van der Waals surface area contributed by atoms with Gasteiger partial charge in [-0.15, -0.1) is 0 Å². The second-order valence-corrected chi connectivity index (χ2v) is 7.72. The Balaban J connectivity index is 1.51. The van der Waals surface area contributed by atoms with E-state index in [-0.39, 0.29) is 11.9 Å². The third-order valence-corrected chi connectivity index (χ3v) is 5.37. The summed E-state index contributed by atoms with van der Waals surface area (Å²) in [6.07, 6.45) is 4.44. The number of H-pyrrole nitrogens is 1. The lowest BCUT2D eigenvalue weighted by Crippen LogP contribution is -2.38. The van der Waals surface area contributed by atoms with Gasteiger partial charge in [0.15, 0.2) is 11.5 Å². The summed E-state index contributed by atoms with van der Waals surface area (Å²) in [7, 11) is 0. The topological polar surface area (TPSA) is 77.1 Å². The Morgan fingerprint density at radius 2 is 2.08 bits per heavy atom. The van der Waals surface area contributed by atoms with E-state index >= 15 is 0 Å². The lowest BCUT2D eigenvalue weighted by molar-refractivity contribution is -0.131. The second-order valence-electron chi connectivity index (χ2n) is 7.72. The van der Waals surface area contributed by atoms with E-state index in [4.69, 9.17) is 4.98 Å². The molecule has 1 unspecified atom stereocenters. The smallest absolute Gasteiger partial charge is 0.236 e. The van der Waals surface area contributed by atoms with Crippen LogP contribution in [0.1, 0.15) is 51.3 Å².